The first kappa shape index (κ1) is 12.5. The van der Waals surface area contributed by atoms with E-state index in [9.17, 15) is 0 Å². The molecular weight excluding hydrogens is 238 g/mol. The van der Waals surface area contributed by atoms with Crippen LogP contribution in [0, 0.1) is 0 Å². The normalized spacial score (nSPS) is 27.3. The van der Waals surface area contributed by atoms with Gasteiger partial charge >= 0.3 is 0 Å². The first-order valence-electron chi connectivity index (χ1n) is 6.78. The minimum Gasteiger partial charge on any atom is -0.467 e. The topological polar surface area (TPSA) is 34.4 Å². The number of nitrogens with one attached hydrogen (secondary N) is 1. The summed E-state index contributed by atoms with van der Waals surface area (Å²) in [5, 5.41) is 3.62. The molecule has 19 heavy (non-hydrogen) atoms. The molecule has 1 aromatic heterocycles. The summed E-state index contributed by atoms with van der Waals surface area (Å²) in [4.78, 5) is 0. The van der Waals surface area contributed by atoms with E-state index in [1.54, 1.807) is 6.26 Å². The van der Waals surface area contributed by atoms with E-state index in [0.29, 0.717) is 12.6 Å². The fraction of sp³-hybridized carbons (Fsp3) is 0.375. The van der Waals surface area contributed by atoms with Crippen LogP contribution < -0.4 is 5.32 Å². The lowest BCUT2D eigenvalue weighted by Gasteiger charge is -2.35. The minimum absolute atomic E-state index is 0.0158. The lowest BCUT2D eigenvalue weighted by molar-refractivity contribution is -0.0354. The zero-order chi connectivity index (χ0) is 13.1. The van der Waals surface area contributed by atoms with Crippen LogP contribution in [0.5, 0.6) is 0 Å². The summed E-state index contributed by atoms with van der Waals surface area (Å²) >= 11 is 0. The van der Waals surface area contributed by atoms with Gasteiger partial charge < -0.3 is 14.5 Å². The third kappa shape index (κ3) is 2.88. The second-order valence-corrected chi connectivity index (χ2v) is 5.11. The molecule has 1 aliphatic heterocycles. The molecule has 3 unspecified atom stereocenters. The molecule has 0 aliphatic carbocycles. The van der Waals surface area contributed by atoms with Crippen molar-refractivity contribution in [3.63, 3.8) is 0 Å². The molecule has 1 saturated heterocycles. The summed E-state index contributed by atoms with van der Waals surface area (Å²) < 4.78 is 11.4. The first-order valence-corrected chi connectivity index (χ1v) is 6.78. The van der Waals surface area contributed by atoms with Gasteiger partial charge in [0.05, 0.1) is 12.9 Å². The van der Waals surface area contributed by atoms with E-state index in [0.717, 1.165) is 12.2 Å². The highest BCUT2D eigenvalue weighted by Crippen LogP contribution is 2.26. The van der Waals surface area contributed by atoms with Crippen molar-refractivity contribution in [1.82, 2.24) is 5.32 Å². The average molecular weight is 257 g/mol. The number of hydrogen-bond acceptors (Lipinski definition) is 3. The third-order valence-electron chi connectivity index (χ3n) is 3.58. The monoisotopic (exact) mass is 257 g/mol. The Morgan fingerprint density at radius 3 is 2.68 bits per heavy atom. The predicted octanol–water partition coefficient (Wildman–Crippen LogP) is 2.94. The first-order chi connectivity index (χ1) is 9.33. The zero-order valence-electron chi connectivity index (χ0n) is 11.1. The molecule has 0 amide bonds. The van der Waals surface area contributed by atoms with Gasteiger partial charge in [0.15, 0.2) is 0 Å². The van der Waals surface area contributed by atoms with Crippen LogP contribution in [-0.4, -0.2) is 18.7 Å². The Balaban J connectivity index is 1.61. The molecule has 1 N–H and O–H groups in total. The van der Waals surface area contributed by atoms with Gasteiger partial charge in [0, 0.05) is 12.1 Å². The van der Waals surface area contributed by atoms with Gasteiger partial charge in [-0.15, -0.1) is 0 Å². The van der Waals surface area contributed by atoms with Crippen LogP contribution in [0.3, 0.4) is 0 Å². The van der Waals surface area contributed by atoms with E-state index in [-0.39, 0.29) is 12.1 Å². The Morgan fingerprint density at radius 2 is 2.00 bits per heavy atom. The summed E-state index contributed by atoms with van der Waals surface area (Å²) in [5.74, 6) is 0.901. The van der Waals surface area contributed by atoms with Gasteiger partial charge in [-0.05, 0) is 31.0 Å². The maximum atomic E-state index is 5.96. The highest BCUT2D eigenvalue weighted by atomic mass is 16.5. The summed E-state index contributed by atoms with van der Waals surface area (Å²) in [7, 11) is 0. The van der Waals surface area contributed by atoms with Crippen LogP contribution >= 0.6 is 0 Å². The highest BCUT2D eigenvalue weighted by molar-refractivity contribution is 5.16. The molecule has 0 saturated carbocycles. The van der Waals surface area contributed by atoms with E-state index < -0.39 is 0 Å². The van der Waals surface area contributed by atoms with Crippen molar-refractivity contribution in [2.45, 2.75) is 31.5 Å². The number of ether oxygens (including phenoxy) is 1. The molecule has 3 heteroatoms. The van der Waals surface area contributed by atoms with Crippen LogP contribution in [-0.2, 0) is 11.2 Å². The summed E-state index contributed by atoms with van der Waals surface area (Å²) in [5.41, 5.74) is 1.34. The SMILES string of the molecule is CC1NC(Cc2ccccc2)COC1c1ccco1. The van der Waals surface area contributed by atoms with Crippen molar-refractivity contribution in [2.75, 3.05) is 6.61 Å². The molecule has 1 fully saturated rings. The average Bonchev–Trinajstić information content (AvgIpc) is 2.94. The van der Waals surface area contributed by atoms with Gasteiger partial charge in [-0.3, -0.25) is 0 Å². The van der Waals surface area contributed by atoms with Crippen molar-refractivity contribution >= 4 is 0 Å². The van der Waals surface area contributed by atoms with Crippen molar-refractivity contribution in [2.24, 2.45) is 0 Å². The smallest absolute Gasteiger partial charge is 0.134 e. The molecular formula is C16H19NO2. The van der Waals surface area contributed by atoms with Crippen LogP contribution in [0.15, 0.2) is 53.1 Å². The summed E-state index contributed by atoms with van der Waals surface area (Å²) in [6.45, 7) is 2.86. The molecule has 0 radical (unpaired) electrons. The Kier molecular flexibility index (Phi) is 3.67. The van der Waals surface area contributed by atoms with Crippen LogP contribution in [0.1, 0.15) is 24.4 Å². The van der Waals surface area contributed by atoms with Crippen LogP contribution in [0.2, 0.25) is 0 Å². The number of rotatable bonds is 3. The molecule has 2 aromatic rings. The largest absolute Gasteiger partial charge is 0.467 e. The van der Waals surface area contributed by atoms with Crippen molar-refractivity contribution in [1.29, 1.82) is 0 Å². The predicted molar refractivity (Wildman–Crippen MR) is 73.9 cm³/mol. The maximum absolute atomic E-state index is 5.96. The Hall–Kier alpha value is -1.58. The Morgan fingerprint density at radius 1 is 1.16 bits per heavy atom. The summed E-state index contributed by atoms with van der Waals surface area (Å²) in [6, 6.07) is 15.0. The zero-order valence-corrected chi connectivity index (χ0v) is 11.1. The molecule has 2 heterocycles. The van der Waals surface area contributed by atoms with Crippen LogP contribution in [0.25, 0.3) is 0 Å². The summed E-state index contributed by atoms with van der Waals surface area (Å²) in [6.07, 6.45) is 2.71. The molecule has 0 bridgehead atoms. The molecule has 3 rings (SSSR count). The van der Waals surface area contributed by atoms with Gasteiger partial charge in [0.25, 0.3) is 0 Å². The molecule has 0 spiro atoms. The van der Waals surface area contributed by atoms with E-state index in [2.05, 4.69) is 36.5 Å². The van der Waals surface area contributed by atoms with E-state index >= 15 is 0 Å². The van der Waals surface area contributed by atoms with Gasteiger partial charge in [0.1, 0.15) is 11.9 Å². The van der Waals surface area contributed by atoms with Crippen molar-refractivity contribution in [3.8, 4) is 0 Å². The maximum Gasteiger partial charge on any atom is 0.134 e. The fourth-order valence-corrected chi connectivity index (χ4v) is 2.67. The quantitative estimate of drug-likeness (QED) is 0.918. The van der Waals surface area contributed by atoms with Crippen LogP contribution in [0.4, 0.5) is 0 Å². The van der Waals surface area contributed by atoms with Crippen molar-refractivity contribution in [3.05, 3.63) is 60.1 Å². The Labute approximate surface area is 113 Å². The standard InChI is InChI=1S/C16H19NO2/c1-12-16(15-8-5-9-18-15)19-11-14(17-12)10-13-6-3-2-4-7-13/h2-9,12,14,16-17H,10-11H2,1H3. The number of hydrogen-bond donors (Lipinski definition) is 1. The molecule has 1 aromatic carbocycles. The fourth-order valence-electron chi connectivity index (χ4n) is 2.67. The number of morpholine rings is 1. The van der Waals surface area contributed by atoms with E-state index in [4.69, 9.17) is 9.15 Å². The van der Waals surface area contributed by atoms with Gasteiger partial charge in [-0.25, -0.2) is 0 Å². The van der Waals surface area contributed by atoms with Crippen molar-refractivity contribution < 1.29 is 9.15 Å². The van der Waals surface area contributed by atoms with E-state index in [1.165, 1.54) is 5.56 Å². The second kappa shape index (κ2) is 5.59. The van der Waals surface area contributed by atoms with Gasteiger partial charge in [-0.2, -0.15) is 0 Å². The Bertz CT molecular complexity index is 495. The second-order valence-electron chi connectivity index (χ2n) is 5.11. The lowest BCUT2D eigenvalue weighted by Crippen LogP contribution is -2.49. The number of benzene rings is 1. The minimum atomic E-state index is 0.0158. The lowest BCUT2D eigenvalue weighted by atomic mass is 10.0. The third-order valence-corrected chi connectivity index (χ3v) is 3.58. The van der Waals surface area contributed by atoms with Gasteiger partial charge in [-0.1, -0.05) is 30.3 Å². The molecule has 3 atom stereocenters. The molecule has 3 nitrogen and oxygen atoms in total. The molecule has 100 valence electrons. The number of furan rings is 1. The highest BCUT2D eigenvalue weighted by Gasteiger charge is 2.30. The van der Waals surface area contributed by atoms with Gasteiger partial charge in [0.2, 0.25) is 0 Å². The molecule has 1 aliphatic rings. The van der Waals surface area contributed by atoms with E-state index in [1.807, 2.05) is 18.2 Å².